The van der Waals surface area contributed by atoms with Crippen LogP contribution in [-0.2, 0) is 15.1 Å². The molecular formula is C38H35N5O6. The van der Waals surface area contributed by atoms with E-state index in [0.29, 0.717) is 22.4 Å². The number of fused-ring (bicyclic) bond motifs is 1. The van der Waals surface area contributed by atoms with Crippen molar-refractivity contribution < 1.29 is 28.8 Å². The van der Waals surface area contributed by atoms with E-state index in [4.69, 9.17) is 18.9 Å². The first kappa shape index (κ1) is 32.0. The van der Waals surface area contributed by atoms with E-state index in [0.717, 1.165) is 28.2 Å². The number of carbonyl (C=O) groups excluding carboxylic acids is 1. The molecule has 2 aromatic heterocycles. The van der Waals surface area contributed by atoms with Crippen molar-refractivity contribution in [2.75, 3.05) is 26.1 Å². The summed E-state index contributed by atoms with van der Waals surface area (Å²) in [5.74, 6) is 1.47. The molecule has 0 spiro atoms. The Bertz CT molecular complexity index is 1970. The third-order valence-corrected chi connectivity index (χ3v) is 8.77. The van der Waals surface area contributed by atoms with Gasteiger partial charge in [-0.25, -0.2) is 14.6 Å². The lowest BCUT2D eigenvalue weighted by Gasteiger charge is -2.37. The number of nitrogens with one attached hydrogen (secondary N) is 1. The Balaban J connectivity index is 1.18. The zero-order valence-corrected chi connectivity index (χ0v) is 27.0. The van der Waals surface area contributed by atoms with Crippen LogP contribution >= 0.6 is 0 Å². The highest BCUT2D eigenvalue weighted by molar-refractivity contribution is 6.07. The zero-order valence-electron chi connectivity index (χ0n) is 27.0. The monoisotopic (exact) mass is 657 g/mol. The molecule has 11 nitrogen and oxygen atoms in total. The van der Waals surface area contributed by atoms with Gasteiger partial charge in [0.25, 0.3) is 5.91 Å². The number of aliphatic hydroxyl groups is 1. The SMILES string of the molecule is COc1ccc(C(OCC2OC(n3ncc4c(NC(=O)c5ccccc5)ncnc43)CC2O)(c2ccccc2)c2ccc(OC)cc2)cc1. The normalized spacial score (nSPS) is 17.6. The summed E-state index contributed by atoms with van der Waals surface area (Å²) in [6.45, 7) is 0.0528. The molecule has 1 saturated heterocycles. The molecule has 49 heavy (non-hydrogen) atoms. The van der Waals surface area contributed by atoms with Crippen LogP contribution in [0.5, 0.6) is 11.5 Å². The second kappa shape index (κ2) is 13.9. The van der Waals surface area contributed by atoms with Crippen LogP contribution in [0.25, 0.3) is 11.0 Å². The lowest BCUT2D eigenvalue weighted by molar-refractivity contribution is -0.0949. The number of aromatic nitrogens is 4. The van der Waals surface area contributed by atoms with Crippen molar-refractivity contribution >= 4 is 22.8 Å². The minimum absolute atomic E-state index is 0.0528. The average Bonchev–Trinajstić information content (AvgIpc) is 3.76. The molecule has 3 unspecified atom stereocenters. The number of hydrogen-bond acceptors (Lipinski definition) is 9. The van der Waals surface area contributed by atoms with Crippen LogP contribution in [0.15, 0.2) is 122 Å². The molecule has 2 N–H and O–H groups in total. The van der Waals surface area contributed by atoms with Gasteiger partial charge in [0.2, 0.25) is 0 Å². The van der Waals surface area contributed by atoms with Crippen molar-refractivity contribution in [1.82, 2.24) is 19.7 Å². The van der Waals surface area contributed by atoms with Gasteiger partial charge in [-0.2, -0.15) is 5.10 Å². The van der Waals surface area contributed by atoms with E-state index in [2.05, 4.69) is 20.4 Å². The highest BCUT2D eigenvalue weighted by Gasteiger charge is 2.42. The molecule has 3 heterocycles. The van der Waals surface area contributed by atoms with Crippen LogP contribution in [0.3, 0.4) is 0 Å². The number of benzene rings is 4. The van der Waals surface area contributed by atoms with E-state index in [1.165, 1.54) is 6.33 Å². The Hall–Kier alpha value is -5.62. The molecule has 6 aromatic rings. The van der Waals surface area contributed by atoms with Gasteiger partial charge in [-0.1, -0.05) is 72.8 Å². The number of aliphatic hydroxyl groups excluding tert-OH is 1. The van der Waals surface area contributed by atoms with Gasteiger partial charge in [0.1, 0.15) is 35.3 Å². The predicted octanol–water partition coefficient (Wildman–Crippen LogP) is 5.75. The average molecular weight is 658 g/mol. The summed E-state index contributed by atoms with van der Waals surface area (Å²) in [6.07, 6.45) is 1.02. The first-order chi connectivity index (χ1) is 24.0. The van der Waals surface area contributed by atoms with Crippen molar-refractivity contribution in [3.63, 3.8) is 0 Å². The van der Waals surface area contributed by atoms with Crippen LogP contribution in [0.1, 0.15) is 39.7 Å². The van der Waals surface area contributed by atoms with Gasteiger partial charge < -0.3 is 29.4 Å². The maximum atomic E-state index is 12.8. The molecule has 11 heteroatoms. The Labute approximate surface area is 283 Å². The Morgan fingerprint density at radius 3 is 2.06 bits per heavy atom. The second-order valence-corrected chi connectivity index (χ2v) is 11.6. The molecule has 1 fully saturated rings. The summed E-state index contributed by atoms with van der Waals surface area (Å²) >= 11 is 0. The molecule has 1 aliphatic heterocycles. The Morgan fingerprint density at radius 2 is 1.45 bits per heavy atom. The fourth-order valence-electron chi connectivity index (χ4n) is 6.24. The Morgan fingerprint density at radius 1 is 0.857 bits per heavy atom. The van der Waals surface area contributed by atoms with E-state index in [1.54, 1.807) is 49.4 Å². The van der Waals surface area contributed by atoms with Crippen molar-refractivity contribution in [3.8, 4) is 11.5 Å². The topological polar surface area (TPSA) is 130 Å². The van der Waals surface area contributed by atoms with Gasteiger partial charge in [0.15, 0.2) is 11.9 Å². The van der Waals surface area contributed by atoms with Crippen LogP contribution in [0.2, 0.25) is 0 Å². The molecule has 1 aliphatic rings. The summed E-state index contributed by atoms with van der Waals surface area (Å²) in [7, 11) is 3.26. The van der Waals surface area contributed by atoms with Crippen molar-refractivity contribution in [2.24, 2.45) is 0 Å². The van der Waals surface area contributed by atoms with Crippen molar-refractivity contribution in [1.29, 1.82) is 0 Å². The number of rotatable bonds is 11. The zero-order chi connectivity index (χ0) is 33.8. The van der Waals surface area contributed by atoms with Gasteiger partial charge in [0.05, 0.1) is 38.5 Å². The molecule has 7 rings (SSSR count). The minimum Gasteiger partial charge on any atom is -0.497 e. The Kier molecular flexibility index (Phi) is 9.03. The van der Waals surface area contributed by atoms with E-state index in [-0.39, 0.29) is 18.9 Å². The maximum Gasteiger partial charge on any atom is 0.256 e. The molecule has 0 bridgehead atoms. The summed E-state index contributed by atoms with van der Waals surface area (Å²) in [6, 6.07) is 34.4. The van der Waals surface area contributed by atoms with Gasteiger partial charge in [-0.3, -0.25) is 4.79 Å². The van der Waals surface area contributed by atoms with Gasteiger partial charge in [-0.15, -0.1) is 0 Å². The fourth-order valence-corrected chi connectivity index (χ4v) is 6.24. The van der Waals surface area contributed by atoms with E-state index in [9.17, 15) is 9.90 Å². The smallest absolute Gasteiger partial charge is 0.256 e. The molecule has 1 amide bonds. The molecule has 3 atom stereocenters. The number of amides is 1. The van der Waals surface area contributed by atoms with Crippen molar-refractivity contribution in [2.45, 2.75) is 30.5 Å². The fraction of sp³-hybridized carbons (Fsp3) is 0.211. The van der Waals surface area contributed by atoms with Crippen LogP contribution < -0.4 is 14.8 Å². The van der Waals surface area contributed by atoms with E-state index in [1.807, 2.05) is 84.9 Å². The lowest BCUT2D eigenvalue weighted by atomic mass is 9.80. The van der Waals surface area contributed by atoms with Crippen molar-refractivity contribution in [3.05, 3.63) is 144 Å². The highest BCUT2D eigenvalue weighted by atomic mass is 16.6. The highest BCUT2D eigenvalue weighted by Crippen LogP contribution is 2.43. The van der Waals surface area contributed by atoms with Crippen LogP contribution in [0.4, 0.5) is 5.82 Å². The first-order valence-electron chi connectivity index (χ1n) is 15.9. The summed E-state index contributed by atoms with van der Waals surface area (Å²) in [5.41, 5.74) is 2.53. The molecule has 0 radical (unpaired) electrons. The van der Waals surface area contributed by atoms with E-state index >= 15 is 0 Å². The minimum atomic E-state index is -1.07. The number of anilines is 1. The van der Waals surface area contributed by atoms with Gasteiger partial charge in [0, 0.05) is 12.0 Å². The van der Waals surface area contributed by atoms with Gasteiger partial charge in [-0.05, 0) is 53.1 Å². The third kappa shape index (κ3) is 6.22. The number of nitrogens with zero attached hydrogens (tertiary/aromatic N) is 4. The number of ether oxygens (including phenoxy) is 4. The lowest BCUT2D eigenvalue weighted by Crippen LogP contribution is -2.38. The molecular weight excluding hydrogens is 622 g/mol. The first-order valence-corrected chi connectivity index (χ1v) is 15.9. The largest absolute Gasteiger partial charge is 0.497 e. The third-order valence-electron chi connectivity index (χ3n) is 8.77. The predicted molar refractivity (Wildman–Crippen MR) is 183 cm³/mol. The second-order valence-electron chi connectivity index (χ2n) is 11.6. The maximum absolute atomic E-state index is 12.8. The van der Waals surface area contributed by atoms with Crippen LogP contribution in [-0.4, -0.2) is 63.8 Å². The number of methoxy groups -OCH3 is 2. The standard InChI is InChI=1S/C38H35N5O6/c1-46-29-17-13-27(14-18-29)38(26-11-7-4-8-12-26,28-15-19-30(47-2)20-16-28)48-23-33-32(44)21-34(49-33)43-36-31(22-41-43)35(39-24-40-36)42-37(45)25-9-5-3-6-10-25/h3-20,22,24,32-34,44H,21,23H2,1-2H3,(H,39,40,42,45). The number of carbonyl (C=O) groups is 1. The summed E-state index contributed by atoms with van der Waals surface area (Å²) in [4.78, 5) is 21.6. The van der Waals surface area contributed by atoms with Gasteiger partial charge >= 0.3 is 0 Å². The molecule has 4 aromatic carbocycles. The molecule has 248 valence electrons. The summed E-state index contributed by atoms with van der Waals surface area (Å²) in [5, 5.41) is 19.2. The molecule has 0 aliphatic carbocycles. The van der Waals surface area contributed by atoms with Crippen LogP contribution in [0, 0.1) is 0 Å². The quantitative estimate of drug-likeness (QED) is 0.167. The summed E-state index contributed by atoms with van der Waals surface area (Å²) < 4.78 is 25.9. The number of hydrogen-bond donors (Lipinski definition) is 2. The van der Waals surface area contributed by atoms with E-state index < -0.39 is 24.0 Å². The molecule has 0 saturated carbocycles.